The van der Waals surface area contributed by atoms with Crippen LogP contribution in [-0.2, 0) is 11.3 Å². The maximum Gasteiger partial charge on any atom is 0.237 e. The van der Waals surface area contributed by atoms with Gasteiger partial charge in [-0.1, -0.05) is 41.4 Å². The minimum absolute atomic E-state index is 0.0495. The lowest BCUT2D eigenvalue weighted by atomic mass is 10.1. The predicted molar refractivity (Wildman–Crippen MR) is 111 cm³/mol. The van der Waals surface area contributed by atoms with Gasteiger partial charge in [-0.25, -0.2) is 4.39 Å². The van der Waals surface area contributed by atoms with E-state index in [1.54, 1.807) is 36.2 Å². The predicted octanol–water partition coefficient (Wildman–Crippen LogP) is 4.54. The Kier molecular flexibility index (Phi) is 8.70. The largest absolute Gasteiger partial charge is 0.396 e. The normalized spacial score (nSPS) is 12.2. The first kappa shape index (κ1) is 22.6. The maximum atomic E-state index is 13.1. The lowest BCUT2D eigenvalue weighted by molar-refractivity contribution is -0.133. The van der Waals surface area contributed by atoms with Crippen molar-refractivity contribution in [3.63, 3.8) is 0 Å². The average Bonchev–Trinajstić information content (AvgIpc) is 2.68. The highest BCUT2D eigenvalue weighted by Crippen LogP contribution is 2.24. The van der Waals surface area contributed by atoms with Crippen LogP contribution in [0.4, 0.5) is 4.39 Å². The van der Waals surface area contributed by atoms with E-state index in [-0.39, 0.29) is 30.9 Å². The molecule has 152 valence electrons. The Hall–Kier alpha value is -1.66. The highest BCUT2D eigenvalue weighted by atomic mass is 35.5. The molecule has 2 rings (SSSR count). The van der Waals surface area contributed by atoms with E-state index in [1.807, 2.05) is 17.9 Å². The molecule has 2 aromatic rings. The van der Waals surface area contributed by atoms with E-state index in [0.717, 1.165) is 11.1 Å². The highest BCUT2D eigenvalue weighted by molar-refractivity contribution is 6.42. The third-order valence-corrected chi connectivity index (χ3v) is 5.45. The number of carbonyl (C=O) groups excluding carboxylic acids is 1. The molecule has 1 unspecified atom stereocenters. The second kappa shape index (κ2) is 10.8. The van der Waals surface area contributed by atoms with E-state index < -0.39 is 0 Å². The van der Waals surface area contributed by atoms with Gasteiger partial charge in [0.25, 0.3) is 0 Å². The molecule has 0 radical (unpaired) electrons. The molecule has 0 aromatic heterocycles. The van der Waals surface area contributed by atoms with Gasteiger partial charge in [0.1, 0.15) is 5.82 Å². The molecule has 7 heteroatoms. The summed E-state index contributed by atoms with van der Waals surface area (Å²) in [5.74, 6) is -0.364. The standard InChI is InChI=1S/C21H25Cl2FN2O2/c1-15(17-5-7-18(24)8-6-17)25(2)21(28)14-26(10-3-11-27)13-16-4-9-19(22)20(23)12-16/h4-9,12,15,27H,3,10-11,13-14H2,1-2H3. The molecule has 1 amide bonds. The summed E-state index contributed by atoms with van der Waals surface area (Å²) in [6.45, 7) is 3.24. The van der Waals surface area contributed by atoms with Crippen LogP contribution in [0.5, 0.6) is 0 Å². The molecule has 0 aliphatic heterocycles. The number of carbonyl (C=O) groups is 1. The van der Waals surface area contributed by atoms with Crippen LogP contribution in [0.1, 0.15) is 30.5 Å². The molecular formula is C21H25Cl2FN2O2. The topological polar surface area (TPSA) is 43.8 Å². The van der Waals surface area contributed by atoms with Gasteiger partial charge in [-0.3, -0.25) is 9.69 Å². The van der Waals surface area contributed by atoms with Crippen LogP contribution in [-0.4, -0.2) is 47.6 Å². The van der Waals surface area contributed by atoms with Crippen LogP contribution in [0.25, 0.3) is 0 Å². The van der Waals surface area contributed by atoms with Crippen molar-refractivity contribution in [2.45, 2.75) is 25.9 Å². The van der Waals surface area contributed by atoms with Crippen LogP contribution < -0.4 is 0 Å². The van der Waals surface area contributed by atoms with Gasteiger partial charge in [-0.2, -0.15) is 0 Å². The van der Waals surface area contributed by atoms with Gasteiger partial charge in [-0.15, -0.1) is 0 Å². The first-order valence-electron chi connectivity index (χ1n) is 9.10. The molecule has 1 N–H and O–H groups in total. The van der Waals surface area contributed by atoms with Gasteiger partial charge in [0, 0.05) is 26.7 Å². The summed E-state index contributed by atoms with van der Waals surface area (Å²) in [5, 5.41) is 10.1. The molecule has 0 saturated heterocycles. The smallest absolute Gasteiger partial charge is 0.237 e. The summed E-state index contributed by atoms with van der Waals surface area (Å²) in [4.78, 5) is 16.4. The van der Waals surface area contributed by atoms with Crippen molar-refractivity contribution in [2.75, 3.05) is 26.7 Å². The van der Waals surface area contributed by atoms with Crippen LogP contribution >= 0.6 is 23.2 Å². The van der Waals surface area contributed by atoms with E-state index in [0.29, 0.717) is 29.6 Å². The van der Waals surface area contributed by atoms with Crippen LogP contribution in [0.15, 0.2) is 42.5 Å². The quantitative estimate of drug-likeness (QED) is 0.639. The summed E-state index contributed by atoms with van der Waals surface area (Å²) >= 11 is 12.1. The van der Waals surface area contributed by atoms with Gasteiger partial charge < -0.3 is 10.0 Å². The zero-order valence-corrected chi connectivity index (χ0v) is 17.5. The number of rotatable bonds is 9. The number of likely N-dealkylation sites (N-methyl/N-ethyl adjacent to an activating group) is 1. The third-order valence-electron chi connectivity index (χ3n) is 4.71. The molecule has 0 heterocycles. The fourth-order valence-corrected chi connectivity index (χ4v) is 3.21. The van der Waals surface area contributed by atoms with Crippen LogP contribution in [0.2, 0.25) is 10.0 Å². The summed E-state index contributed by atoms with van der Waals surface area (Å²) in [6, 6.07) is 11.3. The number of aliphatic hydroxyl groups is 1. The molecule has 0 bridgehead atoms. The SMILES string of the molecule is CC(c1ccc(F)cc1)N(C)C(=O)CN(CCCO)Cc1ccc(Cl)c(Cl)c1. The highest BCUT2D eigenvalue weighted by Gasteiger charge is 2.20. The Morgan fingerprint density at radius 1 is 1.14 bits per heavy atom. The van der Waals surface area contributed by atoms with Gasteiger partial charge in [-0.05, 0) is 48.7 Å². The monoisotopic (exact) mass is 426 g/mol. The first-order chi connectivity index (χ1) is 13.3. The minimum atomic E-state index is -0.304. The fraction of sp³-hybridized carbons (Fsp3) is 0.381. The Morgan fingerprint density at radius 2 is 1.82 bits per heavy atom. The zero-order chi connectivity index (χ0) is 20.7. The molecule has 0 aliphatic carbocycles. The van der Waals surface area contributed by atoms with Crippen molar-refractivity contribution in [2.24, 2.45) is 0 Å². The van der Waals surface area contributed by atoms with Crippen LogP contribution in [0.3, 0.4) is 0 Å². The Morgan fingerprint density at radius 3 is 2.43 bits per heavy atom. The second-order valence-electron chi connectivity index (χ2n) is 6.77. The lowest BCUT2D eigenvalue weighted by Gasteiger charge is -2.29. The maximum absolute atomic E-state index is 13.1. The second-order valence-corrected chi connectivity index (χ2v) is 7.58. The minimum Gasteiger partial charge on any atom is -0.396 e. The molecule has 1 atom stereocenters. The molecule has 28 heavy (non-hydrogen) atoms. The summed E-state index contributed by atoms with van der Waals surface area (Å²) in [5.41, 5.74) is 1.80. The van der Waals surface area contributed by atoms with Crippen molar-refractivity contribution in [1.82, 2.24) is 9.80 Å². The first-order valence-corrected chi connectivity index (χ1v) is 9.85. The number of nitrogens with zero attached hydrogens (tertiary/aromatic N) is 2. The molecule has 2 aromatic carbocycles. The van der Waals surface area contributed by atoms with Gasteiger partial charge in [0.15, 0.2) is 0 Å². The lowest BCUT2D eigenvalue weighted by Crippen LogP contribution is -2.39. The fourth-order valence-electron chi connectivity index (χ4n) is 2.89. The molecule has 0 saturated carbocycles. The number of halogens is 3. The van der Waals surface area contributed by atoms with Crippen molar-refractivity contribution >= 4 is 29.1 Å². The molecule has 0 fully saturated rings. The Bertz CT molecular complexity index is 786. The van der Waals surface area contributed by atoms with E-state index in [4.69, 9.17) is 23.2 Å². The summed E-state index contributed by atoms with van der Waals surface area (Å²) < 4.78 is 13.1. The van der Waals surface area contributed by atoms with Crippen LogP contribution in [0, 0.1) is 5.82 Å². The van der Waals surface area contributed by atoms with Crippen molar-refractivity contribution in [3.8, 4) is 0 Å². The third kappa shape index (κ3) is 6.45. The van der Waals surface area contributed by atoms with Crippen molar-refractivity contribution < 1.29 is 14.3 Å². The number of hydrogen-bond donors (Lipinski definition) is 1. The summed E-state index contributed by atoms with van der Waals surface area (Å²) in [6.07, 6.45) is 0.561. The van der Waals surface area contributed by atoms with Crippen molar-refractivity contribution in [3.05, 3.63) is 69.5 Å². The molecule has 0 aliphatic rings. The molecule has 4 nitrogen and oxygen atoms in total. The van der Waals surface area contributed by atoms with E-state index >= 15 is 0 Å². The van der Waals surface area contributed by atoms with Gasteiger partial charge >= 0.3 is 0 Å². The Balaban J connectivity index is 2.05. The number of aliphatic hydroxyl groups excluding tert-OH is 1. The zero-order valence-electron chi connectivity index (χ0n) is 16.0. The molecule has 0 spiro atoms. The Labute approximate surface area is 175 Å². The van der Waals surface area contributed by atoms with Gasteiger partial charge in [0.2, 0.25) is 5.91 Å². The number of benzene rings is 2. The van der Waals surface area contributed by atoms with E-state index in [2.05, 4.69) is 0 Å². The molecular weight excluding hydrogens is 402 g/mol. The number of hydrogen-bond acceptors (Lipinski definition) is 3. The van der Waals surface area contributed by atoms with E-state index in [9.17, 15) is 14.3 Å². The summed E-state index contributed by atoms with van der Waals surface area (Å²) in [7, 11) is 1.74. The van der Waals surface area contributed by atoms with Crippen molar-refractivity contribution in [1.29, 1.82) is 0 Å². The van der Waals surface area contributed by atoms with Gasteiger partial charge in [0.05, 0.1) is 22.6 Å². The van der Waals surface area contributed by atoms with E-state index in [1.165, 1.54) is 12.1 Å². The average molecular weight is 427 g/mol. The number of amides is 1.